The van der Waals surface area contributed by atoms with Gasteiger partial charge in [-0.15, -0.1) is 0 Å². The number of benzene rings is 15. The first-order valence-corrected chi connectivity index (χ1v) is 48.2. The van der Waals surface area contributed by atoms with E-state index in [1.165, 1.54) is 103 Å². The Bertz CT molecular complexity index is 8260. The highest BCUT2D eigenvalue weighted by Gasteiger charge is 2.53. The molecule has 17 heteroatoms. The van der Waals surface area contributed by atoms with Crippen molar-refractivity contribution < 1.29 is 57.4 Å². The Morgan fingerprint density at radius 2 is 0.928 bits per heavy atom. The fourth-order valence-electron chi connectivity index (χ4n) is 23.8. The summed E-state index contributed by atoms with van der Waals surface area (Å²) in [5, 5.41) is 32.2. The van der Waals surface area contributed by atoms with Crippen LogP contribution in [0.3, 0.4) is 0 Å². The van der Waals surface area contributed by atoms with E-state index in [0.717, 1.165) is 159 Å². The number of amides is 1. The van der Waals surface area contributed by atoms with Crippen LogP contribution in [0.25, 0.3) is 110 Å². The molecule has 0 spiro atoms. The number of aryl methyl sites for hydroxylation is 6. The number of carbonyl (C=O) groups excluding carboxylic acids is 6. The van der Waals surface area contributed by atoms with Crippen molar-refractivity contribution in [3.05, 3.63) is 372 Å². The summed E-state index contributed by atoms with van der Waals surface area (Å²) in [6, 6.07) is 70.0. The van der Waals surface area contributed by atoms with Gasteiger partial charge in [0.05, 0.1) is 39.5 Å². The average Bonchev–Trinajstić information content (AvgIpc) is 1.50. The summed E-state index contributed by atoms with van der Waals surface area (Å²) >= 11 is 3.46. The Labute approximate surface area is 809 Å². The summed E-state index contributed by atoms with van der Waals surface area (Å²) in [6.45, 7) is 35.6. The number of halogens is 1. The third kappa shape index (κ3) is 13.7. The molecule has 0 saturated carbocycles. The molecule has 16 aromatic rings. The zero-order valence-corrected chi connectivity index (χ0v) is 82.3. The maximum absolute atomic E-state index is 13.8. The van der Waals surface area contributed by atoms with E-state index in [9.17, 15) is 48.8 Å². The molecule has 1 atom stereocenters. The smallest absolute Gasteiger partial charge is 0.347 e. The van der Waals surface area contributed by atoms with Crippen molar-refractivity contribution in [1.82, 2.24) is 0 Å². The van der Waals surface area contributed by atoms with Crippen molar-refractivity contribution in [3.8, 4) is 56.0 Å². The lowest BCUT2D eigenvalue weighted by molar-refractivity contribution is -0.384. The summed E-state index contributed by atoms with van der Waals surface area (Å²) in [4.78, 5) is 105. The number of unbranched alkanes of at least 4 members (excludes halogenated alkanes) is 2. The van der Waals surface area contributed by atoms with Crippen molar-refractivity contribution in [2.24, 2.45) is 0 Å². The zero-order chi connectivity index (χ0) is 97.6. The number of rotatable bonds is 12. The van der Waals surface area contributed by atoms with E-state index >= 15 is 0 Å². The first-order chi connectivity index (χ1) is 65.8. The van der Waals surface area contributed by atoms with Gasteiger partial charge < -0.3 is 23.7 Å². The van der Waals surface area contributed by atoms with E-state index in [0.29, 0.717) is 66.9 Å². The number of nitrogens with zero attached hydrogens (tertiary/aromatic N) is 2. The van der Waals surface area contributed by atoms with Crippen LogP contribution in [0.1, 0.15) is 267 Å². The Morgan fingerprint density at radius 3 is 1.47 bits per heavy atom. The van der Waals surface area contributed by atoms with Crippen LogP contribution in [0, 0.1) is 51.7 Å². The van der Waals surface area contributed by atoms with E-state index in [-0.39, 0.29) is 50.2 Å². The standard InChI is InChI=1S/C39H40O6.C29H24BrNO2.C28H21NO4.C25H20O2/c1-7-9-18-39(19-10-8-2)29-21-28(38(4,5)24-14-12-11-13-15-24)34-35(37(42)45-36(34)41)33(29)32-26-17-16-25(43-6)20-27(26)31(22-30(32)39)44-23(3)40;1-15-13-21-24(20-8-6-5-7-19(15)20)25-22(29(21,3)4)14-16(2)23-26(25)28(33)31(27(23)32)18-11-9-17(30)10-12-18;1-14-11-20-24(18-8-6-5-7-17(14)18)25-21(28(20,3)4)12-15(2)23-26(30)19-13-16(29(31)32)9-10-22(19)33-27(23)25;1-13-11-17-22(16-8-6-5-7-15(13)16)23-18(25(17,3)4)12-14(2)21-19(26)9-10-20(27)24(21)23/h11-17,20-22H,7-10,18-19H2,1-6H3;5-14,28,33H,1-4H3;5-13H,1-4H3;5-12H,1-4H3. The van der Waals surface area contributed by atoms with Gasteiger partial charge in [0, 0.05) is 89.5 Å². The second kappa shape index (κ2) is 33.2. The fraction of sp³-hybridized carbons (Fsp3) is 0.248. The molecule has 7 aliphatic rings. The number of methoxy groups -OCH3 is 1. The average molecular weight is 1890 g/mol. The normalized spacial score (nSPS) is 15.6. The van der Waals surface area contributed by atoms with Crippen LogP contribution in [-0.4, -0.2) is 52.5 Å². The van der Waals surface area contributed by atoms with Crippen LogP contribution in [-0.2, 0) is 36.6 Å². The SMILES string of the molecule is CCCCC1(CCCC)c2cc(C(C)(C)c3ccccc3)c3c(c2-c2c1cc(OC(C)=O)c1cc(OC)ccc21)C(=O)OC3=O.Cc1cc2c(c3c1C(=O)C=CC3=O)-c1c(cc(C)c3ccccc13)C2(C)C.Cc1cc2c(c3c1C(=O)N(c1ccc(Br)cc1)C3O)-c1c(cc(C)c3ccccc13)C2(C)C.Cc1cc2c(c3ccccc13)-c1c(cc(C)c3c(=O)c4cc([N+](=O)[O-])ccc4oc13)C2(C)C. The van der Waals surface area contributed by atoms with Gasteiger partial charge in [0.15, 0.2) is 17.8 Å². The molecule has 15 aromatic carbocycles. The Hall–Kier alpha value is -14.4. The van der Waals surface area contributed by atoms with Crippen LogP contribution in [0.15, 0.2) is 238 Å². The summed E-state index contributed by atoms with van der Waals surface area (Å²) < 4.78 is 24.2. The van der Waals surface area contributed by atoms with Gasteiger partial charge in [0.1, 0.15) is 22.7 Å². The number of allylic oxidation sites excluding steroid dienone is 2. The summed E-state index contributed by atoms with van der Waals surface area (Å²) in [6.07, 6.45) is 7.39. The highest BCUT2D eigenvalue weighted by Crippen LogP contribution is 2.64. The molecule has 0 fully saturated rings. The molecule has 3 heterocycles. The van der Waals surface area contributed by atoms with Gasteiger partial charge in [-0.3, -0.25) is 39.0 Å². The minimum absolute atomic E-state index is 0.0714. The zero-order valence-electron chi connectivity index (χ0n) is 80.7. The second-order valence-electron chi connectivity index (χ2n) is 40.3. The predicted molar refractivity (Wildman–Crippen MR) is 552 cm³/mol. The number of non-ortho nitro benzene ring substituents is 1. The molecule has 1 aromatic heterocycles. The molecular formula is C121H105BrN2O14. The van der Waals surface area contributed by atoms with Crippen molar-refractivity contribution in [2.45, 2.75) is 190 Å². The van der Waals surface area contributed by atoms with Crippen molar-refractivity contribution >= 4 is 128 Å². The number of hydrogen-bond acceptors (Lipinski definition) is 14. The van der Waals surface area contributed by atoms with E-state index in [1.54, 1.807) is 7.11 Å². The number of ketones is 2. The monoisotopic (exact) mass is 1890 g/mol. The first-order valence-electron chi connectivity index (χ1n) is 47.4. The maximum atomic E-state index is 13.8. The highest BCUT2D eigenvalue weighted by atomic mass is 79.9. The van der Waals surface area contributed by atoms with Crippen LogP contribution < -0.4 is 19.8 Å². The van der Waals surface area contributed by atoms with Crippen LogP contribution >= 0.6 is 15.9 Å². The Morgan fingerprint density at radius 1 is 0.471 bits per heavy atom. The number of esters is 3. The molecular weight excluding hydrogens is 1790 g/mol. The summed E-state index contributed by atoms with van der Waals surface area (Å²) in [7, 11) is 1.60. The third-order valence-electron chi connectivity index (χ3n) is 30.7. The van der Waals surface area contributed by atoms with Crippen molar-refractivity contribution in [1.29, 1.82) is 0 Å². The van der Waals surface area contributed by atoms with Gasteiger partial charge in [0.25, 0.3) is 11.6 Å². The van der Waals surface area contributed by atoms with E-state index in [2.05, 4.69) is 209 Å². The highest BCUT2D eigenvalue weighted by molar-refractivity contribution is 9.10. The minimum Gasteiger partial charge on any atom is -0.497 e. The van der Waals surface area contributed by atoms with Gasteiger partial charge in [-0.2, -0.15) is 0 Å². The van der Waals surface area contributed by atoms with Crippen LogP contribution in [0.5, 0.6) is 11.5 Å². The lowest BCUT2D eigenvalue weighted by Crippen LogP contribution is -2.28. The van der Waals surface area contributed by atoms with Gasteiger partial charge in [-0.05, 0) is 281 Å². The van der Waals surface area contributed by atoms with Crippen LogP contribution in [0.4, 0.5) is 11.4 Å². The molecule has 1 amide bonds. The third-order valence-corrected chi connectivity index (χ3v) is 31.3. The molecule has 2 aliphatic heterocycles. The quantitative estimate of drug-likeness (QED) is 0.0300. The molecule has 16 nitrogen and oxygen atoms in total. The number of fused-ring (bicyclic) bond motifs is 29. The number of hydrogen-bond donors (Lipinski definition) is 1. The van der Waals surface area contributed by atoms with E-state index < -0.39 is 39.9 Å². The second-order valence-corrected chi connectivity index (χ2v) is 41.2. The molecule has 1 unspecified atom stereocenters. The maximum Gasteiger partial charge on any atom is 0.347 e. The topological polar surface area (TPSA) is 227 Å². The minimum atomic E-state index is -1.04. The Kier molecular flexibility index (Phi) is 22.0. The number of nitro groups is 1. The lowest BCUT2D eigenvalue weighted by Gasteiger charge is -2.35. The van der Waals surface area contributed by atoms with Gasteiger partial charge in [-0.1, -0.05) is 256 Å². The number of carbonyl (C=O) groups is 6. The molecule has 0 radical (unpaired) electrons. The van der Waals surface area contributed by atoms with E-state index in [4.69, 9.17) is 18.6 Å². The largest absolute Gasteiger partial charge is 0.497 e. The van der Waals surface area contributed by atoms with Crippen molar-refractivity contribution in [3.63, 3.8) is 0 Å². The predicted octanol–water partition coefficient (Wildman–Crippen LogP) is 28.9. The van der Waals surface area contributed by atoms with Gasteiger partial charge in [0.2, 0.25) is 5.43 Å². The van der Waals surface area contributed by atoms with Gasteiger partial charge >= 0.3 is 17.9 Å². The molecule has 690 valence electrons. The molecule has 23 rings (SSSR count). The Balaban J connectivity index is 0.000000115. The molecule has 0 saturated heterocycles. The molecule has 5 aliphatic carbocycles. The number of cyclic esters (lactones) is 2. The molecule has 138 heavy (non-hydrogen) atoms. The number of nitro benzene ring substituents is 1. The number of anilines is 1. The van der Waals surface area contributed by atoms with Gasteiger partial charge in [-0.25, -0.2) is 9.59 Å². The number of aliphatic hydroxyl groups excluding tert-OH is 1. The number of aliphatic hydroxyl groups is 1. The number of ether oxygens (including phenoxy) is 3. The molecule has 0 bridgehead atoms. The van der Waals surface area contributed by atoms with Crippen molar-refractivity contribution in [2.75, 3.05) is 12.0 Å². The fourth-order valence-corrected chi connectivity index (χ4v) is 24.1. The van der Waals surface area contributed by atoms with E-state index in [1.807, 2.05) is 112 Å². The molecule has 1 N–H and O–H groups in total. The first kappa shape index (κ1) is 91.4. The summed E-state index contributed by atoms with van der Waals surface area (Å²) in [5.74, 6) is -0.856. The summed E-state index contributed by atoms with van der Waals surface area (Å²) in [5.41, 5.74) is 27.9. The lowest BCUT2D eigenvalue weighted by atomic mass is 9.68. The van der Waals surface area contributed by atoms with Crippen LogP contribution in [0.2, 0.25) is 0 Å².